The minimum Gasteiger partial charge on any atom is -0.478 e. The van der Waals surface area contributed by atoms with Crippen LogP contribution in [0.25, 0.3) is 0 Å². The molecule has 1 fully saturated rings. The van der Waals surface area contributed by atoms with E-state index in [2.05, 4.69) is 24.8 Å². The summed E-state index contributed by atoms with van der Waals surface area (Å²) in [5.41, 5.74) is 2.61. The molecule has 1 aliphatic heterocycles. The fourth-order valence-electron chi connectivity index (χ4n) is 3.01. The number of carboxylic acids is 1. The number of carbonyl (C=O) groups is 1. The van der Waals surface area contributed by atoms with E-state index in [1.807, 2.05) is 6.07 Å². The fraction of sp³-hybridized carbons (Fsp3) is 0.562. The first-order valence-corrected chi connectivity index (χ1v) is 7.27. The van der Waals surface area contributed by atoms with Crippen molar-refractivity contribution in [1.82, 2.24) is 0 Å². The second-order valence-corrected chi connectivity index (χ2v) is 5.40. The predicted molar refractivity (Wildman–Crippen MR) is 78.1 cm³/mol. The van der Waals surface area contributed by atoms with Crippen LogP contribution < -0.4 is 4.90 Å². The molecule has 104 valence electrons. The quantitative estimate of drug-likeness (QED) is 0.898. The molecule has 0 radical (unpaired) electrons. The summed E-state index contributed by atoms with van der Waals surface area (Å²) in [4.78, 5) is 13.8. The molecule has 1 aliphatic rings. The van der Waals surface area contributed by atoms with Crippen LogP contribution in [0.3, 0.4) is 0 Å². The van der Waals surface area contributed by atoms with Crippen LogP contribution in [-0.2, 0) is 6.42 Å². The third-order valence-corrected chi connectivity index (χ3v) is 3.99. The fourth-order valence-corrected chi connectivity index (χ4v) is 3.01. The van der Waals surface area contributed by atoms with Crippen molar-refractivity contribution >= 4 is 11.7 Å². The van der Waals surface area contributed by atoms with Gasteiger partial charge in [0.25, 0.3) is 0 Å². The molecule has 0 aromatic heterocycles. The highest BCUT2D eigenvalue weighted by Gasteiger charge is 2.23. The molecule has 1 aromatic rings. The van der Waals surface area contributed by atoms with Crippen molar-refractivity contribution in [2.45, 2.75) is 52.0 Å². The van der Waals surface area contributed by atoms with E-state index in [0.29, 0.717) is 11.6 Å². The van der Waals surface area contributed by atoms with Crippen LogP contribution in [-0.4, -0.2) is 23.7 Å². The SMILES string of the molecule is CCCc1c(C(=O)O)cccc1N1CCCCC1C. The van der Waals surface area contributed by atoms with Gasteiger partial charge in [-0.2, -0.15) is 0 Å². The molecular weight excluding hydrogens is 238 g/mol. The van der Waals surface area contributed by atoms with Gasteiger partial charge in [-0.05, 0) is 50.3 Å². The van der Waals surface area contributed by atoms with Gasteiger partial charge < -0.3 is 10.0 Å². The molecule has 1 atom stereocenters. The normalized spacial score (nSPS) is 19.5. The molecule has 19 heavy (non-hydrogen) atoms. The predicted octanol–water partition coefficient (Wildman–Crippen LogP) is 3.72. The Kier molecular flexibility index (Phi) is 4.46. The van der Waals surface area contributed by atoms with Gasteiger partial charge >= 0.3 is 5.97 Å². The molecule has 1 unspecified atom stereocenters. The van der Waals surface area contributed by atoms with E-state index in [1.54, 1.807) is 6.07 Å². The number of carboxylic acid groups (broad SMARTS) is 1. The Morgan fingerprint density at radius 2 is 2.21 bits per heavy atom. The molecular formula is C16H23NO2. The maximum atomic E-state index is 11.4. The van der Waals surface area contributed by atoms with Crippen molar-refractivity contribution in [1.29, 1.82) is 0 Å². The Balaban J connectivity index is 2.43. The van der Waals surface area contributed by atoms with Crippen molar-refractivity contribution in [2.75, 3.05) is 11.4 Å². The third-order valence-electron chi connectivity index (χ3n) is 3.99. The van der Waals surface area contributed by atoms with Crippen molar-refractivity contribution in [3.63, 3.8) is 0 Å². The molecule has 3 heteroatoms. The summed E-state index contributed by atoms with van der Waals surface area (Å²) in [6.45, 7) is 5.38. The monoisotopic (exact) mass is 261 g/mol. The number of hydrogen-bond acceptors (Lipinski definition) is 2. The average Bonchev–Trinajstić information content (AvgIpc) is 2.40. The van der Waals surface area contributed by atoms with Crippen LogP contribution in [0.2, 0.25) is 0 Å². The Labute approximate surface area is 115 Å². The largest absolute Gasteiger partial charge is 0.478 e. The van der Waals surface area contributed by atoms with Gasteiger partial charge in [-0.3, -0.25) is 0 Å². The second-order valence-electron chi connectivity index (χ2n) is 5.40. The van der Waals surface area contributed by atoms with E-state index >= 15 is 0 Å². The molecule has 3 nitrogen and oxygen atoms in total. The highest BCUT2D eigenvalue weighted by Crippen LogP contribution is 2.30. The Hall–Kier alpha value is -1.51. The van der Waals surface area contributed by atoms with Gasteiger partial charge in [0.15, 0.2) is 0 Å². The van der Waals surface area contributed by atoms with Crippen molar-refractivity contribution in [3.8, 4) is 0 Å². The summed E-state index contributed by atoms with van der Waals surface area (Å²) in [5, 5.41) is 9.36. The summed E-state index contributed by atoms with van der Waals surface area (Å²) in [5.74, 6) is -0.810. The zero-order valence-electron chi connectivity index (χ0n) is 11.9. The lowest BCUT2D eigenvalue weighted by Gasteiger charge is -2.37. The number of anilines is 1. The molecule has 0 spiro atoms. The average molecular weight is 261 g/mol. The molecule has 0 aliphatic carbocycles. The standard InChI is InChI=1S/C16H23NO2/c1-3-7-13-14(16(18)19)9-6-10-15(13)17-11-5-4-8-12(17)2/h6,9-10,12H,3-5,7-8,11H2,1-2H3,(H,18,19). The smallest absolute Gasteiger partial charge is 0.336 e. The number of benzene rings is 1. The van der Waals surface area contributed by atoms with E-state index in [-0.39, 0.29) is 0 Å². The van der Waals surface area contributed by atoms with Gasteiger partial charge in [0.05, 0.1) is 5.56 Å². The van der Waals surface area contributed by atoms with Gasteiger partial charge in [0.2, 0.25) is 0 Å². The molecule has 1 aromatic carbocycles. The van der Waals surface area contributed by atoms with Gasteiger partial charge in [0.1, 0.15) is 0 Å². The first kappa shape index (κ1) is 13.9. The molecule has 1 N–H and O–H groups in total. The van der Waals surface area contributed by atoms with Crippen LogP contribution in [0, 0.1) is 0 Å². The summed E-state index contributed by atoms with van der Waals surface area (Å²) < 4.78 is 0. The second kappa shape index (κ2) is 6.09. The number of aromatic carboxylic acids is 1. The lowest BCUT2D eigenvalue weighted by Crippen LogP contribution is -2.38. The van der Waals surface area contributed by atoms with Crippen molar-refractivity contribution < 1.29 is 9.90 Å². The minimum absolute atomic E-state index is 0.470. The number of piperidine rings is 1. The lowest BCUT2D eigenvalue weighted by molar-refractivity contribution is 0.0695. The summed E-state index contributed by atoms with van der Waals surface area (Å²) >= 11 is 0. The van der Waals surface area contributed by atoms with Crippen molar-refractivity contribution in [2.24, 2.45) is 0 Å². The molecule has 1 saturated heterocycles. The number of rotatable bonds is 4. The Morgan fingerprint density at radius 1 is 1.42 bits per heavy atom. The highest BCUT2D eigenvalue weighted by molar-refractivity contribution is 5.91. The van der Waals surface area contributed by atoms with Crippen LogP contribution in [0.1, 0.15) is 55.5 Å². The zero-order chi connectivity index (χ0) is 13.8. The van der Waals surface area contributed by atoms with E-state index in [4.69, 9.17) is 0 Å². The minimum atomic E-state index is -0.810. The molecule has 1 heterocycles. The summed E-state index contributed by atoms with van der Waals surface area (Å²) in [6.07, 6.45) is 5.48. The maximum Gasteiger partial charge on any atom is 0.336 e. The molecule has 2 rings (SSSR count). The number of nitrogens with zero attached hydrogens (tertiary/aromatic N) is 1. The van der Waals surface area contributed by atoms with Gasteiger partial charge in [-0.25, -0.2) is 4.79 Å². The maximum absolute atomic E-state index is 11.4. The van der Waals surface area contributed by atoms with Gasteiger partial charge in [-0.1, -0.05) is 19.4 Å². The topological polar surface area (TPSA) is 40.5 Å². The van der Waals surface area contributed by atoms with Crippen LogP contribution in [0.15, 0.2) is 18.2 Å². The first-order valence-electron chi connectivity index (χ1n) is 7.27. The van der Waals surface area contributed by atoms with Crippen molar-refractivity contribution in [3.05, 3.63) is 29.3 Å². The Bertz CT molecular complexity index is 456. The van der Waals surface area contributed by atoms with Crippen LogP contribution in [0.4, 0.5) is 5.69 Å². The van der Waals surface area contributed by atoms with E-state index < -0.39 is 5.97 Å². The zero-order valence-corrected chi connectivity index (χ0v) is 11.9. The van der Waals surface area contributed by atoms with E-state index in [0.717, 1.165) is 30.6 Å². The van der Waals surface area contributed by atoms with E-state index in [1.165, 1.54) is 19.3 Å². The van der Waals surface area contributed by atoms with Gasteiger partial charge in [-0.15, -0.1) is 0 Å². The van der Waals surface area contributed by atoms with Gasteiger partial charge in [0, 0.05) is 18.3 Å². The first-order chi connectivity index (χ1) is 9.15. The molecule has 0 saturated carbocycles. The Morgan fingerprint density at radius 3 is 2.84 bits per heavy atom. The third kappa shape index (κ3) is 2.91. The molecule has 0 bridgehead atoms. The number of hydrogen-bond donors (Lipinski definition) is 1. The van der Waals surface area contributed by atoms with Crippen LogP contribution in [0.5, 0.6) is 0 Å². The highest BCUT2D eigenvalue weighted by atomic mass is 16.4. The molecule has 0 amide bonds. The van der Waals surface area contributed by atoms with E-state index in [9.17, 15) is 9.90 Å². The summed E-state index contributed by atoms with van der Waals surface area (Å²) in [6, 6.07) is 6.19. The lowest BCUT2D eigenvalue weighted by atomic mass is 9.96. The van der Waals surface area contributed by atoms with Crippen LogP contribution >= 0.6 is 0 Å². The summed E-state index contributed by atoms with van der Waals surface area (Å²) in [7, 11) is 0.